The predicted octanol–water partition coefficient (Wildman–Crippen LogP) is 7.36. The summed E-state index contributed by atoms with van der Waals surface area (Å²) >= 11 is 1.43. The van der Waals surface area contributed by atoms with Gasteiger partial charge in [-0.2, -0.15) is 0 Å². The quantitative estimate of drug-likeness (QED) is 0.123. The van der Waals surface area contributed by atoms with E-state index in [2.05, 4.69) is 53.4 Å². The highest BCUT2D eigenvalue weighted by Gasteiger charge is 2.39. The van der Waals surface area contributed by atoms with Crippen LogP contribution in [0.4, 0.5) is 0 Å². The number of likely N-dealkylation sites (tertiary alicyclic amines) is 1. The Morgan fingerprint density at radius 3 is 2.28 bits per heavy atom. The molecule has 1 aromatic rings. The molecule has 0 aromatic carbocycles. The number of carbonyl (C=O) groups is 3. The highest BCUT2D eigenvalue weighted by atomic mass is 32.1. The van der Waals surface area contributed by atoms with Crippen LogP contribution < -0.4 is 0 Å². The van der Waals surface area contributed by atoms with Gasteiger partial charge in [0.15, 0.2) is 19.8 Å². The molecule has 0 unspecified atom stereocenters. The fraction of sp³-hybridized carbons (Fsp3) is 0.818. The van der Waals surface area contributed by atoms with Crippen molar-refractivity contribution in [1.29, 1.82) is 0 Å². The Morgan fingerprint density at radius 2 is 1.74 bits per heavy atom. The maximum atomic E-state index is 14.3. The molecule has 0 saturated carbocycles. The van der Waals surface area contributed by atoms with E-state index in [1.807, 2.05) is 19.0 Å². The van der Waals surface area contributed by atoms with E-state index < -0.39 is 14.3 Å². The molecule has 10 heteroatoms. The lowest BCUT2D eigenvalue weighted by atomic mass is 9.83. The lowest BCUT2D eigenvalue weighted by Crippen LogP contribution is -2.48. The Kier molecular flexibility index (Phi) is 15.5. The second-order valence-electron chi connectivity index (χ2n) is 12.8. The molecule has 2 rings (SSSR count). The number of hydrogen-bond acceptors (Lipinski definition) is 8. The van der Waals surface area contributed by atoms with Crippen molar-refractivity contribution in [3.8, 4) is 0 Å². The van der Waals surface area contributed by atoms with Crippen molar-refractivity contribution in [1.82, 2.24) is 14.8 Å². The molecule has 0 N–H and O–H groups in total. The van der Waals surface area contributed by atoms with E-state index in [-0.39, 0.29) is 54.1 Å². The van der Waals surface area contributed by atoms with Crippen molar-refractivity contribution >= 4 is 37.3 Å². The number of nitrogens with zero attached hydrogens (tertiary/aromatic N) is 3. The average Bonchev–Trinajstić information content (AvgIpc) is 3.50. The summed E-state index contributed by atoms with van der Waals surface area (Å²) in [6.07, 6.45) is 4.42. The zero-order chi connectivity index (χ0) is 32.3. The van der Waals surface area contributed by atoms with Crippen LogP contribution in [0.5, 0.6) is 0 Å². The van der Waals surface area contributed by atoms with Crippen molar-refractivity contribution < 1.29 is 23.5 Å². The number of aromatic nitrogens is 1. The zero-order valence-electron chi connectivity index (χ0n) is 28.6. The largest absolute Gasteiger partial charge is 0.461 e. The number of likely N-dealkylation sites (N-methyl/N-ethyl adjacent to an activating group) is 1. The van der Waals surface area contributed by atoms with Gasteiger partial charge in [0, 0.05) is 30.8 Å². The van der Waals surface area contributed by atoms with Gasteiger partial charge < -0.3 is 14.1 Å². The summed E-state index contributed by atoms with van der Waals surface area (Å²) < 4.78 is 12.3. The summed E-state index contributed by atoms with van der Waals surface area (Å²) in [6, 6.07) is 2.75. The SMILES string of the molecule is CCOC(=O)c1csc([C@@H](C[C@H](C(C)C)N(C)C(=O)[C@@H](CC(=O)[C@H]2CCCCN2C)[C@@H](C)CC)O[Si](CC)(CC)CC)n1. The molecular weight excluding hydrogens is 579 g/mol. The molecule has 1 aromatic heterocycles. The first-order valence-corrected chi connectivity index (χ1v) is 20.1. The van der Waals surface area contributed by atoms with Gasteiger partial charge in [-0.05, 0) is 69.7 Å². The molecule has 1 saturated heterocycles. The molecule has 8 nitrogen and oxygen atoms in total. The second kappa shape index (κ2) is 17.8. The first-order valence-electron chi connectivity index (χ1n) is 16.7. The minimum absolute atomic E-state index is 0.0370. The van der Waals surface area contributed by atoms with Crippen molar-refractivity contribution in [3.05, 3.63) is 16.1 Å². The predicted molar refractivity (Wildman–Crippen MR) is 178 cm³/mol. The van der Waals surface area contributed by atoms with Crippen LogP contribution in [0.25, 0.3) is 0 Å². The van der Waals surface area contributed by atoms with Crippen LogP contribution in [0.1, 0.15) is 116 Å². The van der Waals surface area contributed by atoms with E-state index in [4.69, 9.17) is 14.1 Å². The van der Waals surface area contributed by atoms with Crippen LogP contribution >= 0.6 is 11.3 Å². The van der Waals surface area contributed by atoms with Gasteiger partial charge in [-0.3, -0.25) is 14.5 Å². The smallest absolute Gasteiger partial charge is 0.357 e. The fourth-order valence-electron chi connectivity index (χ4n) is 6.41. The summed E-state index contributed by atoms with van der Waals surface area (Å²) in [5.74, 6) is -0.303. The van der Waals surface area contributed by atoms with Crippen LogP contribution in [0.15, 0.2) is 5.38 Å². The maximum absolute atomic E-state index is 14.3. The molecule has 0 spiro atoms. The lowest BCUT2D eigenvalue weighted by Gasteiger charge is -2.39. The van der Waals surface area contributed by atoms with Crippen molar-refractivity contribution in [2.75, 3.05) is 27.2 Å². The summed E-state index contributed by atoms with van der Waals surface area (Å²) in [6.45, 7) is 18.1. The van der Waals surface area contributed by atoms with E-state index in [1.165, 1.54) is 11.3 Å². The molecule has 1 fully saturated rings. The monoisotopic (exact) mass is 637 g/mol. The van der Waals surface area contributed by atoms with E-state index in [1.54, 1.807) is 12.3 Å². The number of rotatable bonds is 18. The number of carbonyl (C=O) groups excluding carboxylic acids is 3. The molecule has 1 aliphatic rings. The van der Waals surface area contributed by atoms with Gasteiger partial charge in [-0.15, -0.1) is 11.3 Å². The normalized spacial score (nSPS) is 19.1. The van der Waals surface area contributed by atoms with Crippen LogP contribution in [0, 0.1) is 17.8 Å². The van der Waals surface area contributed by atoms with E-state index in [0.717, 1.165) is 55.4 Å². The van der Waals surface area contributed by atoms with Gasteiger partial charge in [-0.1, -0.05) is 61.3 Å². The third-order valence-corrected chi connectivity index (χ3v) is 15.5. The highest BCUT2D eigenvalue weighted by molar-refractivity contribution is 7.09. The van der Waals surface area contributed by atoms with Crippen molar-refractivity contribution in [2.24, 2.45) is 17.8 Å². The molecule has 5 atom stereocenters. The number of hydrogen-bond donors (Lipinski definition) is 0. The summed E-state index contributed by atoms with van der Waals surface area (Å²) in [5.41, 5.74) is 0.306. The molecule has 1 aliphatic heterocycles. The fourth-order valence-corrected chi connectivity index (χ4v) is 10.1. The standard InChI is InChI=1S/C33H59N3O5SSi/c1-11-24(8)25(20-29(37)27-18-16-17-19-35(27)9)32(38)36(10)28(23(6)7)21-30(41-43(13-3,14-4)15-5)31-34-26(22-42-31)33(39)40-12-2/h22-25,27-28,30H,11-21H2,1-10H3/t24-,25-,27+,28+,30+/m0/s1. The van der Waals surface area contributed by atoms with Crippen LogP contribution in [0.3, 0.4) is 0 Å². The Labute approximate surface area is 266 Å². The first-order chi connectivity index (χ1) is 20.4. The number of ketones is 1. The van der Waals surface area contributed by atoms with Gasteiger partial charge in [0.05, 0.1) is 18.8 Å². The summed E-state index contributed by atoms with van der Waals surface area (Å²) in [5, 5.41) is 2.51. The third kappa shape index (κ3) is 9.93. The Hall–Kier alpha value is -1.62. The number of thiazole rings is 1. The average molecular weight is 638 g/mol. The van der Waals surface area contributed by atoms with Gasteiger partial charge in [0.2, 0.25) is 5.91 Å². The summed E-state index contributed by atoms with van der Waals surface area (Å²) in [7, 11) is 1.87. The number of ether oxygens (including phenoxy) is 1. The molecule has 0 bridgehead atoms. The highest BCUT2D eigenvalue weighted by Crippen LogP contribution is 2.37. The van der Waals surface area contributed by atoms with Gasteiger partial charge in [0.25, 0.3) is 0 Å². The number of amides is 1. The molecule has 246 valence electrons. The number of piperidine rings is 1. The number of esters is 1. The Bertz CT molecular complexity index is 1020. The molecule has 1 amide bonds. The van der Waals surface area contributed by atoms with Crippen molar-refractivity contribution in [2.45, 2.75) is 130 Å². The first kappa shape index (κ1) is 37.6. The summed E-state index contributed by atoms with van der Waals surface area (Å²) in [4.78, 5) is 49.0. The van der Waals surface area contributed by atoms with Crippen LogP contribution in [-0.4, -0.2) is 80.1 Å². The maximum Gasteiger partial charge on any atom is 0.357 e. The molecule has 2 heterocycles. The van der Waals surface area contributed by atoms with E-state index >= 15 is 0 Å². The topological polar surface area (TPSA) is 89.0 Å². The van der Waals surface area contributed by atoms with Gasteiger partial charge in [-0.25, -0.2) is 9.78 Å². The molecule has 0 radical (unpaired) electrons. The van der Waals surface area contributed by atoms with Crippen LogP contribution in [-0.2, 0) is 18.8 Å². The number of Topliss-reactive ketones (excluding diaryl/α,β-unsaturated/α-hetero) is 1. The third-order valence-electron chi connectivity index (χ3n) is 9.89. The Morgan fingerprint density at radius 1 is 1.09 bits per heavy atom. The molecular formula is C33H59N3O5SSi. The van der Waals surface area contributed by atoms with Crippen LogP contribution in [0.2, 0.25) is 18.1 Å². The lowest BCUT2D eigenvalue weighted by molar-refractivity contribution is -0.143. The Balaban J connectivity index is 2.40. The molecule has 0 aliphatic carbocycles. The van der Waals surface area contributed by atoms with Gasteiger partial charge in [0.1, 0.15) is 5.01 Å². The van der Waals surface area contributed by atoms with E-state index in [0.29, 0.717) is 18.7 Å². The second-order valence-corrected chi connectivity index (χ2v) is 18.4. The van der Waals surface area contributed by atoms with Gasteiger partial charge >= 0.3 is 5.97 Å². The van der Waals surface area contributed by atoms with Crippen molar-refractivity contribution in [3.63, 3.8) is 0 Å². The minimum Gasteiger partial charge on any atom is -0.461 e. The zero-order valence-corrected chi connectivity index (χ0v) is 30.4. The van der Waals surface area contributed by atoms with E-state index in [9.17, 15) is 14.4 Å². The minimum atomic E-state index is -2.06. The molecule has 43 heavy (non-hydrogen) atoms.